The first-order valence-electron chi connectivity index (χ1n) is 8.28. The van der Waals surface area contributed by atoms with Gasteiger partial charge in [0.2, 0.25) is 0 Å². The molecule has 2 heterocycles. The predicted molar refractivity (Wildman–Crippen MR) is 102 cm³/mol. The van der Waals surface area contributed by atoms with Crippen LogP contribution in [0, 0.1) is 5.82 Å². The highest BCUT2D eigenvalue weighted by Gasteiger charge is 2.22. The van der Waals surface area contributed by atoms with Gasteiger partial charge in [-0.25, -0.2) is 14.2 Å². The number of rotatable bonds is 5. The zero-order chi connectivity index (χ0) is 19.9. The van der Waals surface area contributed by atoms with Crippen molar-refractivity contribution in [3.05, 3.63) is 56.5 Å². The number of nitrogens with zero attached hydrogens (tertiary/aromatic N) is 4. The summed E-state index contributed by atoms with van der Waals surface area (Å²) in [4.78, 5) is 41.1. The Morgan fingerprint density at radius 3 is 2.41 bits per heavy atom. The molecule has 3 aromatic rings. The van der Waals surface area contributed by atoms with Crippen molar-refractivity contribution in [1.82, 2.24) is 18.7 Å². The predicted octanol–water partition coefficient (Wildman–Crippen LogP) is 1.69. The lowest BCUT2D eigenvalue weighted by molar-refractivity contribution is -0.116. The molecule has 0 unspecified atom stereocenters. The van der Waals surface area contributed by atoms with Gasteiger partial charge in [0.05, 0.1) is 11.8 Å². The maximum absolute atomic E-state index is 13.2. The highest BCUT2D eigenvalue weighted by Crippen LogP contribution is 2.26. The van der Waals surface area contributed by atoms with E-state index >= 15 is 0 Å². The molecule has 0 saturated heterocycles. The maximum Gasteiger partial charge on any atom is 0.332 e. The lowest BCUT2D eigenvalue weighted by Crippen LogP contribution is -2.37. The summed E-state index contributed by atoms with van der Waals surface area (Å²) in [7, 11) is 2.95. The number of hydrogen-bond acceptors (Lipinski definition) is 5. The van der Waals surface area contributed by atoms with Crippen LogP contribution in [0.5, 0.6) is 0 Å². The minimum atomic E-state index is -0.477. The third kappa shape index (κ3) is 3.46. The molecule has 0 bridgehead atoms. The first-order chi connectivity index (χ1) is 12.7. The highest BCUT2D eigenvalue weighted by atomic mass is 32.2. The molecule has 1 atom stereocenters. The van der Waals surface area contributed by atoms with E-state index in [2.05, 4.69) is 4.98 Å². The van der Waals surface area contributed by atoms with Crippen molar-refractivity contribution in [3.8, 4) is 0 Å². The molecule has 0 aliphatic carbocycles. The standard InChI is InChI=1S/C18H19FN4O3S/c1-10(24)11(2)27-17-20-15-14(16(25)22(4)18(26)21(15)3)23(17)9-12-5-7-13(19)8-6-12/h5-8,11H,9H2,1-4H3/t11-/m1/s1. The molecule has 3 rings (SSSR count). The third-order valence-corrected chi connectivity index (χ3v) is 5.63. The molecule has 2 aromatic heterocycles. The van der Waals surface area contributed by atoms with Gasteiger partial charge in [0.1, 0.15) is 11.6 Å². The molecule has 0 radical (unpaired) electrons. The van der Waals surface area contributed by atoms with Crippen molar-refractivity contribution in [3.63, 3.8) is 0 Å². The Balaban J connectivity index is 2.26. The van der Waals surface area contributed by atoms with Crippen molar-refractivity contribution < 1.29 is 9.18 Å². The molecule has 0 aliphatic heterocycles. The molecular weight excluding hydrogens is 371 g/mol. The fourth-order valence-corrected chi connectivity index (χ4v) is 3.58. The van der Waals surface area contributed by atoms with E-state index in [1.54, 1.807) is 30.7 Å². The Kier molecular flexibility index (Phi) is 5.05. The van der Waals surface area contributed by atoms with Gasteiger partial charge < -0.3 is 4.57 Å². The fourth-order valence-electron chi connectivity index (χ4n) is 2.68. The molecular formula is C18H19FN4O3S. The summed E-state index contributed by atoms with van der Waals surface area (Å²) < 4.78 is 17.2. The van der Waals surface area contributed by atoms with Gasteiger partial charge in [0.15, 0.2) is 16.3 Å². The van der Waals surface area contributed by atoms with Gasteiger partial charge in [-0.3, -0.25) is 18.7 Å². The second-order valence-corrected chi connectivity index (χ2v) is 7.66. The second-order valence-electron chi connectivity index (χ2n) is 6.36. The van der Waals surface area contributed by atoms with Crippen molar-refractivity contribution in [1.29, 1.82) is 0 Å². The Bertz CT molecular complexity index is 1140. The van der Waals surface area contributed by atoms with E-state index < -0.39 is 11.2 Å². The molecule has 7 nitrogen and oxygen atoms in total. The van der Waals surface area contributed by atoms with E-state index in [0.29, 0.717) is 5.16 Å². The first-order valence-corrected chi connectivity index (χ1v) is 9.16. The van der Waals surface area contributed by atoms with Crippen molar-refractivity contribution in [2.45, 2.75) is 30.8 Å². The number of halogens is 1. The lowest BCUT2D eigenvalue weighted by atomic mass is 10.2. The smallest absolute Gasteiger partial charge is 0.309 e. The van der Waals surface area contributed by atoms with E-state index in [0.717, 1.165) is 10.1 Å². The molecule has 0 aliphatic rings. The van der Waals surface area contributed by atoms with Crippen LogP contribution in [0.15, 0.2) is 39.0 Å². The van der Waals surface area contributed by atoms with Crippen LogP contribution in [0.2, 0.25) is 0 Å². The molecule has 9 heteroatoms. The number of thioether (sulfide) groups is 1. The van der Waals surface area contributed by atoms with Crippen molar-refractivity contribution in [2.24, 2.45) is 14.1 Å². The molecule has 1 aromatic carbocycles. The van der Waals surface area contributed by atoms with Crippen LogP contribution < -0.4 is 11.2 Å². The van der Waals surface area contributed by atoms with Crippen LogP contribution in [-0.4, -0.2) is 29.7 Å². The number of fused-ring (bicyclic) bond motifs is 1. The number of Topliss-reactive ketones (excluding diaryl/α,β-unsaturated/α-hetero) is 1. The van der Waals surface area contributed by atoms with Gasteiger partial charge in [0.25, 0.3) is 5.56 Å². The van der Waals surface area contributed by atoms with Crippen LogP contribution in [0.25, 0.3) is 11.2 Å². The van der Waals surface area contributed by atoms with E-state index in [1.807, 2.05) is 0 Å². The number of aromatic nitrogens is 4. The topological polar surface area (TPSA) is 78.9 Å². The fraction of sp³-hybridized carbons (Fsp3) is 0.333. The van der Waals surface area contributed by atoms with Crippen LogP contribution in [0.4, 0.5) is 4.39 Å². The van der Waals surface area contributed by atoms with Crippen LogP contribution in [0.1, 0.15) is 19.4 Å². The number of carbonyl (C=O) groups excluding carboxylic acids is 1. The molecule has 0 amide bonds. The summed E-state index contributed by atoms with van der Waals surface area (Å²) in [5, 5.41) is 0.0879. The van der Waals surface area contributed by atoms with Crippen LogP contribution in [-0.2, 0) is 25.4 Å². The van der Waals surface area contributed by atoms with E-state index in [9.17, 15) is 18.8 Å². The van der Waals surface area contributed by atoms with E-state index in [4.69, 9.17) is 0 Å². The van der Waals surface area contributed by atoms with E-state index in [1.165, 1.54) is 42.4 Å². The summed E-state index contributed by atoms with van der Waals surface area (Å²) in [6, 6.07) is 5.92. The number of benzene rings is 1. The van der Waals surface area contributed by atoms with Gasteiger partial charge in [-0.05, 0) is 31.5 Å². The third-order valence-electron chi connectivity index (χ3n) is 4.42. The van der Waals surface area contributed by atoms with Gasteiger partial charge in [-0.1, -0.05) is 23.9 Å². The van der Waals surface area contributed by atoms with E-state index in [-0.39, 0.29) is 34.6 Å². The van der Waals surface area contributed by atoms with Gasteiger partial charge in [-0.2, -0.15) is 0 Å². The number of imidazole rings is 1. The minimum absolute atomic E-state index is 0.0258. The Hall–Kier alpha value is -2.68. The average molecular weight is 390 g/mol. The number of ketones is 1. The zero-order valence-corrected chi connectivity index (χ0v) is 16.2. The lowest BCUT2D eigenvalue weighted by Gasteiger charge is -2.11. The molecule has 0 saturated carbocycles. The van der Waals surface area contributed by atoms with Gasteiger partial charge in [-0.15, -0.1) is 0 Å². The second kappa shape index (κ2) is 7.15. The SMILES string of the molecule is CC(=O)[C@@H](C)Sc1nc2c(c(=O)n(C)c(=O)n2C)n1Cc1ccc(F)cc1. The first kappa shape index (κ1) is 19.1. The molecule has 0 N–H and O–H groups in total. The monoisotopic (exact) mass is 390 g/mol. The quantitative estimate of drug-likeness (QED) is 0.620. The molecule has 0 spiro atoms. The molecule has 27 heavy (non-hydrogen) atoms. The normalized spacial score (nSPS) is 12.5. The van der Waals surface area contributed by atoms with Crippen LogP contribution in [0.3, 0.4) is 0 Å². The highest BCUT2D eigenvalue weighted by molar-refractivity contribution is 8.00. The maximum atomic E-state index is 13.2. The number of carbonyl (C=O) groups is 1. The minimum Gasteiger partial charge on any atom is -0.309 e. The average Bonchev–Trinajstić information content (AvgIpc) is 2.98. The summed E-state index contributed by atoms with van der Waals surface area (Å²) >= 11 is 1.22. The Labute approximate surface area is 158 Å². The summed E-state index contributed by atoms with van der Waals surface area (Å²) in [6.07, 6.45) is 0. The molecule has 0 fully saturated rings. The summed E-state index contributed by atoms with van der Waals surface area (Å²) in [5.41, 5.74) is 0.342. The van der Waals surface area contributed by atoms with Gasteiger partial charge >= 0.3 is 5.69 Å². The van der Waals surface area contributed by atoms with Crippen molar-refractivity contribution >= 4 is 28.7 Å². The number of aryl methyl sites for hydroxylation is 1. The van der Waals surface area contributed by atoms with Crippen molar-refractivity contribution in [2.75, 3.05) is 0 Å². The van der Waals surface area contributed by atoms with Crippen LogP contribution >= 0.6 is 11.8 Å². The Morgan fingerprint density at radius 2 is 1.81 bits per heavy atom. The van der Waals surface area contributed by atoms with Gasteiger partial charge in [0, 0.05) is 14.1 Å². The summed E-state index contributed by atoms with van der Waals surface area (Å²) in [6.45, 7) is 3.50. The molecule has 142 valence electrons. The largest absolute Gasteiger partial charge is 0.332 e. The zero-order valence-electron chi connectivity index (χ0n) is 15.4. The summed E-state index contributed by atoms with van der Waals surface area (Å²) in [5.74, 6) is -0.380. The Morgan fingerprint density at radius 1 is 1.19 bits per heavy atom. The number of hydrogen-bond donors (Lipinski definition) is 0.